The van der Waals surface area contributed by atoms with Gasteiger partial charge in [0.2, 0.25) is 0 Å². The normalized spacial score (nSPS) is 16.2. The SMILES string of the molecule is Cc1nn2c(Br)cc(C3CC3)cc2c1Cl. The molecule has 1 aliphatic rings. The minimum atomic E-state index is 0.734. The van der Waals surface area contributed by atoms with Crippen molar-refractivity contribution in [3.05, 3.63) is 33.0 Å². The van der Waals surface area contributed by atoms with E-state index in [2.05, 4.69) is 33.2 Å². The molecule has 1 saturated carbocycles. The molecule has 0 bridgehead atoms. The summed E-state index contributed by atoms with van der Waals surface area (Å²) >= 11 is 9.74. The number of aromatic nitrogens is 2. The summed E-state index contributed by atoms with van der Waals surface area (Å²) < 4.78 is 2.83. The first kappa shape index (κ1) is 9.67. The third kappa shape index (κ3) is 1.49. The summed E-state index contributed by atoms with van der Waals surface area (Å²) in [7, 11) is 0. The highest BCUT2D eigenvalue weighted by Gasteiger charge is 2.25. The highest BCUT2D eigenvalue weighted by Crippen LogP contribution is 2.42. The van der Waals surface area contributed by atoms with Gasteiger partial charge in [0.1, 0.15) is 4.60 Å². The van der Waals surface area contributed by atoms with Crippen LogP contribution in [0, 0.1) is 6.92 Å². The van der Waals surface area contributed by atoms with Crippen LogP contribution >= 0.6 is 27.5 Å². The molecular weight excluding hydrogens is 275 g/mol. The summed E-state index contributed by atoms with van der Waals surface area (Å²) in [5, 5.41) is 5.13. The summed E-state index contributed by atoms with van der Waals surface area (Å²) in [4.78, 5) is 0. The van der Waals surface area contributed by atoms with E-state index in [4.69, 9.17) is 11.6 Å². The molecule has 2 aromatic heterocycles. The van der Waals surface area contributed by atoms with Crippen molar-refractivity contribution < 1.29 is 0 Å². The average molecular weight is 286 g/mol. The molecule has 0 saturated heterocycles. The molecule has 0 amide bonds. The lowest BCUT2D eigenvalue weighted by molar-refractivity contribution is 0.903. The molecule has 0 unspecified atom stereocenters. The fourth-order valence-corrected chi connectivity index (χ4v) is 2.57. The molecule has 4 heteroatoms. The van der Waals surface area contributed by atoms with Crippen LogP contribution in [0.2, 0.25) is 5.02 Å². The van der Waals surface area contributed by atoms with Gasteiger partial charge in [-0.25, -0.2) is 4.52 Å². The van der Waals surface area contributed by atoms with E-state index in [1.165, 1.54) is 18.4 Å². The van der Waals surface area contributed by atoms with Crippen LogP contribution in [0.15, 0.2) is 16.7 Å². The Hall–Kier alpha value is -0.540. The Labute approximate surface area is 101 Å². The molecule has 2 nitrogen and oxygen atoms in total. The van der Waals surface area contributed by atoms with E-state index >= 15 is 0 Å². The molecule has 0 aromatic carbocycles. The molecule has 1 fully saturated rings. The van der Waals surface area contributed by atoms with Gasteiger partial charge in [0.25, 0.3) is 0 Å². The van der Waals surface area contributed by atoms with Crippen LogP contribution < -0.4 is 0 Å². The number of halogens is 2. The fraction of sp³-hybridized carbons (Fsp3) is 0.364. The van der Waals surface area contributed by atoms with E-state index < -0.39 is 0 Å². The Morgan fingerprint density at radius 2 is 2.20 bits per heavy atom. The molecule has 3 rings (SSSR count). The summed E-state index contributed by atoms with van der Waals surface area (Å²) in [5.41, 5.74) is 3.26. The average Bonchev–Trinajstić information content (AvgIpc) is 2.99. The number of rotatable bonds is 1. The molecule has 0 radical (unpaired) electrons. The maximum absolute atomic E-state index is 6.21. The van der Waals surface area contributed by atoms with Crippen molar-refractivity contribution in [1.82, 2.24) is 9.61 Å². The zero-order valence-electron chi connectivity index (χ0n) is 8.30. The Morgan fingerprint density at radius 1 is 1.47 bits per heavy atom. The molecule has 1 aliphatic carbocycles. The molecule has 78 valence electrons. The van der Waals surface area contributed by atoms with E-state index in [-0.39, 0.29) is 0 Å². The van der Waals surface area contributed by atoms with Gasteiger partial charge in [-0.3, -0.25) is 0 Å². The number of pyridine rings is 1. The maximum atomic E-state index is 6.21. The van der Waals surface area contributed by atoms with Crippen molar-refractivity contribution >= 4 is 33.0 Å². The zero-order chi connectivity index (χ0) is 10.6. The first-order valence-electron chi connectivity index (χ1n) is 5.01. The molecule has 0 spiro atoms. The second-order valence-electron chi connectivity index (χ2n) is 4.08. The topological polar surface area (TPSA) is 17.3 Å². The number of hydrogen-bond acceptors (Lipinski definition) is 1. The number of fused-ring (bicyclic) bond motifs is 1. The molecule has 0 aliphatic heterocycles. The van der Waals surface area contributed by atoms with Crippen LogP contribution in [-0.4, -0.2) is 9.61 Å². The lowest BCUT2D eigenvalue weighted by atomic mass is 10.1. The van der Waals surface area contributed by atoms with Crippen LogP contribution in [0.5, 0.6) is 0 Å². The molecule has 2 aromatic rings. The molecule has 0 N–H and O–H groups in total. The second kappa shape index (κ2) is 3.22. The molecule has 15 heavy (non-hydrogen) atoms. The molecular formula is C11H10BrClN2. The highest BCUT2D eigenvalue weighted by molar-refractivity contribution is 9.10. The first-order valence-corrected chi connectivity index (χ1v) is 6.18. The summed E-state index contributed by atoms with van der Waals surface area (Å²) in [6.07, 6.45) is 2.60. The smallest absolute Gasteiger partial charge is 0.108 e. The predicted molar refractivity (Wildman–Crippen MR) is 64.6 cm³/mol. The van der Waals surface area contributed by atoms with E-state index in [0.717, 1.165) is 26.8 Å². The van der Waals surface area contributed by atoms with Crippen LogP contribution in [0.1, 0.15) is 30.0 Å². The summed E-state index contributed by atoms with van der Waals surface area (Å²) in [6, 6.07) is 4.30. The Bertz CT molecular complexity index is 543. The minimum Gasteiger partial charge on any atom is -0.225 e. The Kier molecular flexibility index (Phi) is 2.08. The van der Waals surface area contributed by atoms with Gasteiger partial charge in [-0.05, 0) is 59.3 Å². The van der Waals surface area contributed by atoms with Crippen LogP contribution in [0.3, 0.4) is 0 Å². The number of aryl methyl sites for hydroxylation is 1. The summed E-state index contributed by atoms with van der Waals surface area (Å²) in [6.45, 7) is 1.93. The van der Waals surface area contributed by atoms with Crippen LogP contribution in [-0.2, 0) is 0 Å². The van der Waals surface area contributed by atoms with Crippen molar-refractivity contribution in [2.75, 3.05) is 0 Å². The van der Waals surface area contributed by atoms with Gasteiger partial charge >= 0.3 is 0 Å². The monoisotopic (exact) mass is 284 g/mol. The second-order valence-corrected chi connectivity index (χ2v) is 5.27. The lowest BCUT2D eigenvalue weighted by Crippen LogP contribution is -1.92. The Morgan fingerprint density at radius 3 is 2.87 bits per heavy atom. The van der Waals surface area contributed by atoms with Crippen molar-refractivity contribution in [2.45, 2.75) is 25.7 Å². The van der Waals surface area contributed by atoms with Crippen molar-refractivity contribution in [1.29, 1.82) is 0 Å². The first-order chi connectivity index (χ1) is 7.16. The Balaban J connectivity index is 2.32. The van der Waals surface area contributed by atoms with E-state index in [1.54, 1.807) is 0 Å². The largest absolute Gasteiger partial charge is 0.225 e. The standard InChI is InChI=1S/C11H10BrClN2/c1-6-11(13)9-4-8(7-2-3-7)5-10(12)15(9)14-6/h4-5,7H,2-3H2,1H3. The summed E-state index contributed by atoms with van der Waals surface area (Å²) in [5.74, 6) is 0.734. The number of hydrogen-bond donors (Lipinski definition) is 0. The van der Waals surface area contributed by atoms with Crippen LogP contribution in [0.25, 0.3) is 5.52 Å². The van der Waals surface area contributed by atoms with Gasteiger partial charge in [-0.15, -0.1) is 0 Å². The van der Waals surface area contributed by atoms with Gasteiger partial charge in [-0.1, -0.05) is 11.6 Å². The predicted octanol–water partition coefficient (Wildman–Crippen LogP) is 3.94. The van der Waals surface area contributed by atoms with Gasteiger partial charge < -0.3 is 0 Å². The van der Waals surface area contributed by atoms with E-state index in [0.29, 0.717) is 0 Å². The van der Waals surface area contributed by atoms with Crippen LogP contribution in [0.4, 0.5) is 0 Å². The number of nitrogens with zero attached hydrogens (tertiary/aromatic N) is 2. The van der Waals surface area contributed by atoms with Gasteiger partial charge in [-0.2, -0.15) is 5.10 Å². The lowest BCUT2D eigenvalue weighted by Gasteiger charge is -2.02. The van der Waals surface area contributed by atoms with E-state index in [9.17, 15) is 0 Å². The third-order valence-corrected chi connectivity index (χ3v) is 3.89. The van der Waals surface area contributed by atoms with Gasteiger partial charge in [0, 0.05) is 0 Å². The fourth-order valence-electron chi connectivity index (χ4n) is 1.86. The van der Waals surface area contributed by atoms with E-state index in [1.807, 2.05) is 11.4 Å². The molecule has 2 heterocycles. The van der Waals surface area contributed by atoms with Crippen molar-refractivity contribution in [3.8, 4) is 0 Å². The quantitative estimate of drug-likeness (QED) is 0.726. The zero-order valence-corrected chi connectivity index (χ0v) is 10.6. The molecule has 0 atom stereocenters. The highest BCUT2D eigenvalue weighted by atomic mass is 79.9. The van der Waals surface area contributed by atoms with Crippen molar-refractivity contribution in [2.24, 2.45) is 0 Å². The minimum absolute atomic E-state index is 0.734. The van der Waals surface area contributed by atoms with Gasteiger partial charge in [0.15, 0.2) is 0 Å². The van der Waals surface area contributed by atoms with Gasteiger partial charge in [0.05, 0.1) is 16.2 Å². The van der Waals surface area contributed by atoms with Crippen molar-refractivity contribution in [3.63, 3.8) is 0 Å². The maximum Gasteiger partial charge on any atom is 0.108 e. The third-order valence-electron chi connectivity index (χ3n) is 2.86.